The fourth-order valence-corrected chi connectivity index (χ4v) is 1.09. The topological polar surface area (TPSA) is 54.6 Å². The zero-order valence-electron chi connectivity index (χ0n) is 8.14. The lowest BCUT2D eigenvalue weighted by Crippen LogP contribution is -2.00. The molecular formula is C10H12N2O2. The van der Waals surface area contributed by atoms with E-state index in [-0.39, 0.29) is 5.69 Å². The van der Waals surface area contributed by atoms with Gasteiger partial charge in [-0.25, -0.2) is 9.78 Å². The highest BCUT2D eigenvalue weighted by Crippen LogP contribution is 2.04. The number of hydrogen-bond acceptors (Lipinski definition) is 2. The maximum atomic E-state index is 10.6. The normalized spacial score (nSPS) is 9.29. The van der Waals surface area contributed by atoms with Crippen molar-refractivity contribution in [1.29, 1.82) is 0 Å². The van der Waals surface area contributed by atoms with Crippen molar-refractivity contribution in [2.75, 3.05) is 0 Å². The molecule has 0 aliphatic heterocycles. The number of carbonyl (C=O) groups is 1. The van der Waals surface area contributed by atoms with Gasteiger partial charge in [-0.05, 0) is 12.1 Å². The van der Waals surface area contributed by atoms with Gasteiger partial charge in [-0.3, -0.25) is 4.40 Å². The second-order valence-corrected chi connectivity index (χ2v) is 2.38. The van der Waals surface area contributed by atoms with Gasteiger partial charge in [0, 0.05) is 6.20 Å². The maximum Gasteiger partial charge on any atom is 0.354 e. The lowest BCUT2D eigenvalue weighted by molar-refractivity contribution is 0.0689. The van der Waals surface area contributed by atoms with Crippen LogP contribution in [0.15, 0.2) is 30.6 Å². The van der Waals surface area contributed by atoms with Crippen LogP contribution in [0.4, 0.5) is 0 Å². The van der Waals surface area contributed by atoms with Crippen LogP contribution in [0.1, 0.15) is 24.3 Å². The van der Waals surface area contributed by atoms with Gasteiger partial charge in [0.2, 0.25) is 0 Å². The molecule has 0 aliphatic rings. The molecule has 4 nitrogen and oxygen atoms in total. The molecule has 14 heavy (non-hydrogen) atoms. The largest absolute Gasteiger partial charge is 0.477 e. The second kappa shape index (κ2) is 4.41. The van der Waals surface area contributed by atoms with Gasteiger partial charge < -0.3 is 5.11 Å². The summed E-state index contributed by atoms with van der Waals surface area (Å²) in [6, 6.07) is 5.33. The Morgan fingerprint density at radius 1 is 1.43 bits per heavy atom. The van der Waals surface area contributed by atoms with Crippen molar-refractivity contribution in [3.05, 3.63) is 36.3 Å². The molecule has 0 spiro atoms. The third kappa shape index (κ3) is 1.74. The molecule has 2 aromatic rings. The van der Waals surface area contributed by atoms with E-state index in [1.165, 1.54) is 10.6 Å². The second-order valence-electron chi connectivity index (χ2n) is 2.38. The summed E-state index contributed by atoms with van der Waals surface area (Å²) < 4.78 is 1.53. The molecular weight excluding hydrogens is 180 g/mol. The van der Waals surface area contributed by atoms with E-state index in [9.17, 15) is 4.79 Å². The standard InChI is InChI=1S/C8H6N2O2.C2H6/c11-8(12)6-5-9-7-3-1-2-4-10(6)7;1-2/h1-5H,(H,11,12);1-2H3. The van der Waals surface area contributed by atoms with E-state index < -0.39 is 5.97 Å². The Morgan fingerprint density at radius 2 is 2.14 bits per heavy atom. The van der Waals surface area contributed by atoms with E-state index in [0.717, 1.165) is 0 Å². The number of aromatic carboxylic acids is 1. The summed E-state index contributed by atoms with van der Waals surface area (Å²) in [5.74, 6) is -0.964. The Morgan fingerprint density at radius 3 is 2.79 bits per heavy atom. The van der Waals surface area contributed by atoms with Gasteiger partial charge in [0.1, 0.15) is 5.65 Å². The predicted molar refractivity (Wildman–Crippen MR) is 53.5 cm³/mol. The average Bonchev–Trinajstić information content (AvgIpc) is 2.64. The molecule has 74 valence electrons. The highest BCUT2D eigenvalue weighted by atomic mass is 16.4. The van der Waals surface area contributed by atoms with Crippen LogP contribution in [0.3, 0.4) is 0 Å². The van der Waals surface area contributed by atoms with Crippen LogP contribution < -0.4 is 0 Å². The molecule has 0 saturated carbocycles. The van der Waals surface area contributed by atoms with Crippen molar-refractivity contribution in [1.82, 2.24) is 9.38 Å². The highest BCUT2D eigenvalue weighted by Gasteiger charge is 2.08. The van der Waals surface area contributed by atoms with Crippen LogP contribution >= 0.6 is 0 Å². The molecule has 0 unspecified atom stereocenters. The SMILES string of the molecule is CC.O=C(O)c1cnc2ccccn12. The molecule has 2 aromatic heterocycles. The third-order valence-electron chi connectivity index (χ3n) is 1.64. The number of nitrogens with zero attached hydrogens (tertiary/aromatic N) is 2. The molecule has 0 aromatic carbocycles. The minimum atomic E-state index is -0.964. The summed E-state index contributed by atoms with van der Waals surface area (Å²) in [6.45, 7) is 4.00. The minimum absolute atomic E-state index is 0.186. The van der Waals surface area contributed by atoms with Gasteiger partial charge in [-0.1, -0.05) is 19.9 Å². The molecule has 1 N–H and O–H groups in total. The van der Waals surface area contributed by atoms with E-state index in [0.29, 0.717) is 5.65 Å². The van der Waals surface area contributed by atoms with Gasteiger partial charge in [-0.15, -0.1) is 0 Å². The number of pyridine rings is 1. The zero-order valence-corrected chi connectivity index (χ0v) is 8.14. The Balaban J connectivity index is 0.000000461. The van der Waals surface area contributed by atoms with E-state index in [4.69, 9.17) is 5.11 Å². The van der Waals surface area contributed by atoms with Crippen molar-refractivity contribution < 1.29 is 9.90 Å². The number of aromatic nitrogens is 2. The van der Waals surface area contributed by atoms with Crippen molar-refractivity contribution in [2.45, 2.75) is 13.8 Å². The van der Waals surface area contributed by atoms with Crippen LogP contribution in [0.2, 0.25) is 0 Å². The van der Waals surface area contributed by atoms with Gasteiger partial charge in [0.15, 0.2) is 5.69 Å². The molecule has 2 heterocycles. The van der Waals surface area contributed by atoms with Gasteiger partial charge in [0.25, 0.3) is 0 Å². The van der Waals surface area contributed by atoms with Crippen LogP contribution in [0.25, 0.3) is 5.65 Å². The van der Waals surface area contributed by atoms with Crippen molar-refractivity contribution in [3.8, 4) is 0 Å². The van der Waals surface area contributed by atoms with E-state index in [2.05, 4.69) is 4.98 Å². The van der Waals surface area contributed by atoms with Crippen molar-refractivity contribution >= 4 is 11.6 Å². The predicted octanol–water partition coefficient (Wildman–Crippen LogP) is 2.06. The van der Waals surface area contributed by atoms with Gasteiger partial charge in [0.05, 0.1) is 6.20 Å². The smallest absolute Gasteiger partial charge is 0.354 e. The maximum absolute atomic E-state index is 10.6. The Kier molecular flexibility index (Phi) is 3.23. The van der Waals surface area contributed by atoms with Crippen molar-refractivity contribution in [3.63, 3.8) is 0 Å². The molecule has 0 aliphatic carbocycles. The number of imidazole rings is 1. The quantitative estimate of drug-likeness (QED) is 0.752. The fourth-order valence-electron chi connectivity index (χ4n) is 1.09. The Bertz CT molecular complexity index is 434. The van der Waals surface area contributed by atoms with Gasteiger partial charge >= 0.3 is 5.97 Å². The molecule has 0 radical (unpaired) electrons. The van der Waals surface area contributed by atoms with Gasteiger partial charge in [-0.2, -0.15) is 0 Å². The van der Waals surface area contributed by atoms with Crippen LogP contribution in [-0.2, 0) is 0 Å². The number of hydrogen-bond donors (Lipinski definition) is 1. The molecule has 0 amide bonds. The third-order valence-corrected chi connectivity index (χ3v) is 1.64. The minimum Gasteiger partial charge on any atom is -0.477 e. The first-order valence-corrected chi connectivity index (χ1v) is 4.44. The molecule has 0 atom stereocenters. The highest BCUT2D eigenvalue weighted by molar-refractivity contribution is 5.86. The van der Waals surface area contributed by atoms with Crippen LogP contribution in [0.5, 0.6) is 0 Å². The lowest BCUT2D eigenvalue weighted by atomic mass is 10.4. The molecule has 0 bridgehead atoms. The van der Waals surface area contributed by atoms with Crippen LogP contribution in [0, 0.1) is 0 Å². The number of carboxylic acid groups (broad SMARTS) is 1. The summed E-state index contributed by atoms with van der Waals surface area (Å²) >= 11 is 0. The number of carboxylic acids is 1. The van der Waals surface area contributed by atoms with E-state index in [1.54, 1.807) is 18.3 Å². The Hall–Kier alpha value is -1.84. The summed E-state index contributed by atoms with van der Waals surface area (Å²) in [4.78, 5) is 14.5. The number of fused-ring (bicyclic) bond motifs is 1. The van der Waals surface area contributed by atoms with Crippen molar-refractivity contribution in [2.24, 2.45) is 0 Å². The summed E-state index contributed by atoms with van der Waals surface area (Å²) in [5, 5.41) is 8.71. The summed E-state index contributed by atoms with van der Waals surface area (Å²) in [6.07, 6.45) is 3.02. The molecule has 0 saturated heterocycles. The fraction of sp³-hybridized carbons (Fsp3) is 0.200. The van der Waals surface area contributed by atoms with E-state index >= 15 is 0 Å². The Labute approximate surface area is 81.8 Å². The first-order chi connectivity index (χ1) is 6.79. The first kappa shape index (κ1) is 10.2. The average molecular weight is 192 g/mol. The summed E-state index contributed by atoms with van der Waals surface area (Å²) in [5.41, 5.74) is 0.834. The van der Waals surface area contributed by atoms with E-state index in [1.807, 2.05) is 19.9 Å². The zero-order chi connectivity index (χ0) is 10.6. The lowest BCUT2D eigenvalue weighted by Gasteiger charge is -1.93. The van der Waals surface area contributed by atoms with Crippen LogP contribution in [-0.4, -0.2) is 20.5 Å². The molecule has 0 fully saturated rings. The summed E-state index contributed by atoms with van der Waals surface area (Å²) in [7, 11) is 0. The monoisotopic (exact) mass is 192 g/mol. The molecule has 4 heteroatoms. The molecule has 2 rings (SSSR count). The first-order valence-electron chi connectivity index (χ1n) is 4.44. The number of rotatable bonds is 1.